The van der Waals surface area contributed by atoms with Gasteiger partial charge in [0.25, 0.3) is 0 Å². The second-order valence-corrected chi connectivity index (χ2v) is 13.6. The first-order chi connectivity index (χ1) is 21.3. The maximum atomic E-state index is 12.8. The molecule has 0 spiro atoms. The van der Waals surface area contributed by atoms with Crippen molar-refractivity contribution in [2.75, 3.05) is 6.61 Å². The van der Waals surface area contributed by atoms with Crippen molar-refractivity contribution in [2.45, 2.75) is 57.3 Å². The standard InChI is InChI=1S/C34H33N3O7S/c1-19-17-25-23(10-12-27(37-25)43-18-20-5-7-22(8-6-20)45(35,40)41)30(28(19)32(33(38)39)44-34(2,3)4)24-9-11-26-29-21(14-16-42-26)13-15-36-31(24)29/h5-13,15,17,32H,14,16,18H2,1-4H3,(H,38,39)(H2,35,40,41). The average molecular weight is 628 g/mol. The number of sulfonamides is 1. The Hall–Kier alpha value is -4.58. The molecule has 3 aromatic carbocycles. The first-order valence-electron chi connectivity index (χ1n) is 14.4. The van der Waals surface area contributed by atoms with E-state index in [1.807, 2.05) is 58.0 Å². The summed E-state index contributed by atoms with van der Waals surface area (Å²) in [5.41, 5.74) is 5.05. The number of nitrogens with two attached hydrogens (primary N) is 1. The SMILES string of the molecule is Cc1cc2nc(OCc3ccc(S(N)(=O)=O)cc3)ccc2c(-c2ccc3c4c(ccnc24)CCO3)c1C(OC(C)(C)C)C(=O)O. The molecule has 3 N–H and O–H groups in total. The van der Waals surface area contributed by atoms with E-state index in [9.17, 15) is 18.3 Å². The third kappa shape index (κ3) is 6.06. The Morgan fingerprint density at radius 3 is 2.53 bits per heavy atom. The number of carboxylic acid groups (broad SMARTS) is 1. The van der Waals surface area contributed by atoms with Gasteiger partial charge in [-0.3, -0.25) is 4.98 Å². The van der Waals surface area contributed by atoms with Crippen LogP contribution in [-0.4, -0.2) is 41.7 Å². The van der Waals surface area contributed by atoms with Gasteiger partial charge in [-0.15, -0.1) is 0 Å². The summed E-state index contributed by atoms with van der Waals surface area (Å²) in [6.45, 7) is 8.06. The second-order valence-electron chi connectivity index (χ2n) is 12.0. The molecule has 1 aliphatic heterocycles. The Kier molecular flexibility index (Phi) is 7.72. The Morgan fingerprint density at radius 2 is 1.84 bits per heavy atom. The zero-order valence-electron chi connectivity index (χ0n) is 25.3. The quantitative estimate of drug-likeness (QED) is 0.216. The van der Waals surface area contributed by atoms with Crippen molar-refractivity contribution in [1.82, 2.24) is 9.97 Å². The molecule has 0 saturated heterocycles. The average Bonchev–Trinajstić information content (AvgIpc) is 2.98. The van der Waals surface area contributed by atoms with Gasteiger partial charge in [0.2, 0.25) is 15.9 Å². The van der Waals surface area contributed by atoms with Crippen LogP contribution in [0.5, 0.6) is 11.6 Å². The van der Waals surface area contributed by atoms with E-state index in [-0.39, 0.29) is 11.5 Å². The van der Waals surface area contributed by atoms with Gasteiger partial charge in [-0.05, 0) is 92.4 Å². The van der Waals surface area contributed by atoms with Crippen LogP contribution in [0.3, 0.4) is 0 Å². The summed E-state index contributed by atoms with van der Waals surface area (Å²) in [5, 5.41) is 17.3. The highest BCUT2D eigenvalue weighted by Gasteiger charge is 2.33. The Labute approximate surface area is 260 Å². The monoisotopic (exact) mass is 627 g/mol. The number of ether oxygens (including phenoxy) is 3. The van der Waals surface area contributed by atoms with Gasteiger partial charge in [-0.25, -0.2) is 23.3 Å². The van der Waals surface area contributed by atoms with Crippen molar-refractivity contribution < 1.29 is 32.5 Å². The molecule has 0 amide bonds. The minimum Gasteiger partial charge on any atom is -0.493 e. The lowest BCUT2D eigenvalue weighted by molar-refractivity contribution is -0.160. The summed E-state index contributed by atoms with van der Waals surface area (Å²) >= 11 is 0. The summed E-state index contributed by atoms with van der Waals surface area (Å²) in [6.07, 6.45) is 1.26. The van der Waals surface area contributed by atoms with Crippen LogP contribution in [0.15, 0.2) is 71.8 Å². The first kappa shape index (κ1) is 30.4. The number of nitrogens with zero attached hydrogens (tertiary/aromatic N) is 2. The van der Waals surface area contributed by atoms with Crippen molar-refractivity contribution in [2.24, 2.45) is 5.14 Å². The van der Waals surface area contributed by atoms with Crippen LogP contribution in [0.4, 0.5) is 0 Å². The molecule has 2 aromatic heterocycles. The van der Waals surface area contributed by atoms with Crippen LogP contribution in [0, 0.1) is 6.92 Å². The van der Waals surface area contributed by atoms with Crippen molar-refractivity contribution >= 4 is 37.8 Å². The molecule has 1 atom stereocenters. The molecule has 0 saturated carbocycles. The molecule has 6 rings (SSSR count). The van der Waals surface area contributed by atoms with E-state index in [4.69, 9.17) is 29.3 Å². The largest absolute Gasteiger partial charge is 0.493 e. The van der Waals surface area contributed by atoms with Gasteiger partial charge >= 0.3 is 5.97 Å². The van der Waals surface area contributed by atoms with Crippen molar-refractivity contribution in [3.63, 3.8) is 0 Å². The summed E-state index contributed by atoms with van der Waals surface area (Å²) in [6, 6.07) is 17.4. The summed E-state index contributed by atoms with van der Waals surface area (Å²) in [4.78, 5) is 22.4. The van der Waals surface area contributed by atoms with Crippen LogP contribution >= 0.6 is 0 Å². The van der Waals surface area contributed by atoms with Gasteiger partial charge in [0.05, 0.1) is 28.1 Å². The second kappa shape index (κ2) is 11.4. The Morgan fingerprint density at radius 1 is 1.09 bits per heavy atom. The number of primary sulfonamides is 1. The maximum Gasteiger partial charge on any atom is 0.337 e. The molecule has 0 bridgehead atoms. The molecule has 0 radical (unpaired) electrons. The van der Waals surface area contributed by atoms with E-state index < -0.39 is 27.7 Å². The number of aryl methyl sites for hydroxylation is 1. The van der Waals surface area contributed by atoms with Crippen molar-refractivity contribution in [3.8, 4) is 22.8 Å². The fraction of sp³-hybridized carbons (Fsp3) is 0.265. The van der Waals surface area contributed by atoms with E-state index in [0.29, 0.717) is 45.6 Å². The molecular weight excluding hydrogens is 594 g/mol. The normalized spacial score (nSPS) is 13.9. The number of aliphatic carboxylic acids is 1. The highest BCUT2D eigenvalue weighted by Crippen LogP contribution is 2.45. The molecule has 0 aliphatic carbocycles. The van der Waals surface area contributed by atoms with Crippen molar-refractivity contribution in [1.29, 1.82) is 0 Å². The van der Waals surface area contributed by atoms with E-state index in [2.05, 4.69) is 0 Å². The van der Waals surface area contributed by atoms with E-state index in [0.717, 1.165) is 34.2 Å². The number of fused-ring (bicyclic) bond motifs is 1. The van der Waals surface area contributed by atoms with E-state index in [1.165, 1.54) is 12.1 Å². The molecular formula is C34H33N3O7S. The lowest BCUT2D eigenvalue weighted by Crippen LogP contribution is -2.28. The van der Waals surface area contributed by atoms with Gasteiger partial charge in [-0.2, -0.15) is 0 Å². The molecule has 232 valence electrons. The lowest BCUT2D eigenvalue weighted by Gasteiger charge is -2.29. The van der Waals surface area contributed by atoms with Crippen LogP contribution in [0.2, 0.25) is 0 Å². The molecule has 1 unspecified atom stereocenters. The fourth-order valence-corrected chi connectivity index (χ4v) is 6.25. The molecule has 45 heavy (non-hydrogen) atoms. The third-order valence-electron chi connectivity index (χ3n) is 7.65. The lowest BCUT2D eigenvalue weighted by atomic mass is 9.86. The minimum atomic E-state index is -3.79. The van der Waals surface area contributed by atoms with Crippen molar-refractivity contribution in [3.05, 3.63) is 89.1 Å². The first-order valence-corrected chi connectivity index (χ1v) is 16.0. The van der Waals surface area contributed by atoms with Crippen LogP contribution in [0.25, 0.3) is 32.9 Å². The maximum absolute atomic E-state index is 12.8. The number of hydrogen-bond acceptors (Lipinski definition) is 8. The van der Waals surface area contributed by atoms with Gasteiger partial charge in [0.1, 0.15) is 12.4 Å². The predicted molar refractivity (Wildman–Crippen MR) is 170 cm³/mol. The van der Waals surface area contributed by atoms with Gasteiger partial charge < -0.3 is 19.3 Å². The number of hydrogen-bond donors (Lipinski definition) is 2. The van der Waals surface area contributed by atoms with Crippen LogP contribution in [0.1, 0.15) is 49.1 Å². The minimum absolute atomic E-state index is 0.0173. The number of carbonyl (C=O) groups is 1. The number of pyridine rings is 2. The number of aromatic nitrogens is 2. The molecule has 10 nitrogen and oxygen atoms in total. The third-order valence-corrected chi connectivity index (χ3v) is 8.58. The van der Waals surface area contributed by atoms with E-state index >= 15 is 0 Å². The Balaban J connectivity index is 1.51. The molecule has 3 heterocycles. The molecule has 0 fully saturated rings. The summed E-state index contributed by atoms with van der Waals surface area (Å²) in [7, 11) is -3.79. The number of benzene rings is 3. The smallest absolute Gasteiger partial charge is 0.337 e. The Bertz CT molecular complexity index is 2060. The highest BCUT2D eigenvalue weighted by atomic mass is 32.2. The molecule has 1 aliphatic rings. The molecule has 5 aromatic rings. The predicted octanol–water partition coefficient (Wildman–Crippen LogP) is 5.86. The highest BCUT2D eigenvalue weighted by molar-refractivity contribution is 7.89. The van der Waals surface area contributed by atoms with Crippen LogP contribution in [-0.2, 0) is 32.6 Å². The number of carboxylic acids is 1. The zero-order chi connectivity index (χ0) is 32.1. The number of rotatable bonds is 8. The van der Waals surface area contributed by atoms with Crippen LogP contribution < -0.4 is 14.6 Å². The summed E-state index contributed by atoms with van der Waals surface area (Å²) in [5.74, 6) is -0.0115. The van der Waals surface area contributed by atoms with E-state index in [1.54, 1.807) is 24.4 Å². The summed E-state index contributed by atoms with van der Waals surface area (Å²) < 4.78 is 41.3. The van der Waals surface area contributed by atoms with Gasteiger partial charge in [0, 0.05) is 40.6 Å². The topological polar surface area (TPSA) is 151 Å². The zero-order valence-corrected chi connectivity index (χ0v) is 26.1. The van der Waals surface area contributed by atoms with Gasteiger partial charge in [0.15, 0.2) is 6.10 Å². The molecule has 11 heteroatoms. The van der Waals surface area contributed by atoms with Gasteiger partial charge in [-0.1, -0.05) is 12.1 Å². The fourth-order valence-electron chi connectivity index (χ4n) is 5.73.